The number of para-hydroxylation sites is 1. The van der Waals surface area contributed by atoms with E-state index in [9.17, 15) is 4.79 Å². The summed E-state index contributed by atoms with van der Waals surface area (Å²) >= 11 is 0. The van der Waals surface area contributed by atoms with Crippen LogP contribution in [0.1, 0.15) is 17.3 Å². The molecule has 150 valence electrons. The van der Waals surface area contributed by atoms with Gasteiger partial charge in [0.05, 0.1) is 19.3 Å². The van der Waals surface area contributed by atoms with Crippen molar-refractivity contribution in [3.63, 3.8) is 0 Å². The number of benzene rings is 2. The minimum absolute atomic E-state index is 0.252. The number of nitrogens with two attached hydrogens (primary N) is 1. The van der Waals surface area contributed by atoms with Gasteiger partial charge in [-0.3, -0.25) is 15.6 Å². The lowest BCUT2D eigenvalue weighted by atomic mass is 10.2. The van der Waals surface area contributed by atoms with Gasteiger partial charge in [0.2, 0.25) is 0 Å². The van der Waals surface area contributed by atoms with Crippen LogP contribution in [0, 0.1) is 0 Å². The summed E-state index contributed by atoms with van der Waals surface area (Å²) in [6.45, 7) is 2.52. The quantitative estimate of drug-likeness (QED) is 0.430. The summed E-state index contributed by atoms with van der Waals surface area (Å²) in [5.74, 6) is 1.51. The minimum Gasteiger partial charge on any atom is -0.496 e. The van der Waals surface area contributed by atoms with E-state index < -0.39 is 0 Å². The normalized spacial score (nSPS) is 10.1. The van der Waals surface area contributed by atoms with Gasteiger partial charge in [-0.25, -0.2) is 9.97 Å². The molecule has 0 fully saturated rings. The van der Waals surface area contributed by atoms with E-state index in [1.807, 2.05) is 31.2 Å². The Morgan fingerprint density at radius 1 is 1.07 bits per heavy atom. The number of methoxy groups -OCH3 is 1. The maximum atomic E-state index is 12.4. The fourth-order valence-corrected chi connectivity index (χ4v) is 2.55. The average Bonchev–Trinajstić information content (AvgIpc) is 2.75. The molecule has 2 aromatic carbocycles. The molecule has 0 unspecified atom stereocenters. The summed E-state index contributed by atoms with van der Waals surface area (Å²) in [6.07, 6.45) is 1.34. The van der Waals surface area contributed by atoms with Crippen LogP contribution < -0.4 is 31.4 Å². The number of aromatic nitrogens is 2. The number of nitrogen functional groups attached to an aromatic ring is 1. The van der Waals surface area contributed by atoms with Crippen molar-refractivity contribution >= 4 is 28.9 Å². The fraction of sp³-hybridized carbons (Fsp3) is 0.150. The number of rotatable bonds is 8. The van der Waals surface area contributed by atoms with Crippen LogP contribution in [0.2, 0.25) is 0 Å². The number of nitrogens with zero attached hydrogens (tertiary/aromatic N) is 2. The SMILES string of the molecule is CCOc1ccc(Nc2ncnc(NNC(=O)c3ccccc3OC)c2N)cc1. The molecule has 0 radical (unpaired) electrons. The third-order valence-corrected chi connectivity index (χ3v) is 3.96. The number of carbonyl (C=O) groups is 1. The van der Waals surface area contributed by atoms with Gasteiger partial charge < -0.3 is 20.5 Å². The molecule has 0 atom stereocenters. The van der Waals surface area contributed by atoms with Crippen molar-refractivity contribution in [1.82, 2.24) is 15.4 Å². The van der Waals surface area contributed by atoms with Crippen LogP contribution in [-0.2, 0) is 0 Å². The van der Waals surface area contributed by atoms with Crippen molar-refractivity contribution in [2.75, 3.05) is 30.2 Å². The molecule has 0 aliphatic heterocycles. The van der Waals surface area contributed by atoms with Crippen LogP contribution in [0.15, 0.2) is 54.9 Å². The molecule has 0 aliphatic rings. The summed E-state index contributed by atoms with van der Waals surface area (Å²) in [5, 5.41) is 3.12. The van der Waals surface area contributed by atoms with Gasteiger partial charge in [0.15, 0.2) is 11.6 Å². The van der Waals surface area contributed by atoms with Crippen LogP contribution in [0.25, 0.3) is 0 Å². The lowest BCUT2D eigenvalue weighted by Crippen LogP contribution is -2.30. The number of anilines is 4. The van der Waals surface area contributed by atoms with E-state index in [0.717, 1.165) is 11.4 Å². The summed E-state index contributed by atoms with van der Waals surface area (Å²) in [6, 6.07) is 14.3. The lowest BCUT2D eigenvalue weighted by molar-refractivity contribution is 0.0959. The highest BCUT2D eigenvalue weighted by molar-refractivity contribution is 5.97. The Hall–Kier alpha value is -4.01. The maximum Gasteiger partial charge on any atom is 0.273 e. The van der Waals surface area contributed by atoms with Gasteiger partial charge >= 0.3 is 0 Å². The van der Waals surface area contributed by atoms with Gasteiger partial charge in [0.25, 0.3) is 5.91 Å². The second-order valence-electron chi connectivity index (χ2n) is 5.85. The molecule has 29 heavy (non-hydrogen) atoms. The second kappa shape index (κ2) is 9.27. The van der Waals surface area contributed by atoms with Crippen LogP contribution in [-0.4, -0.2) is 29.6 Å². The fourth-order valence-electron chi connectivity index (χ4n) is 2.55. The highest BCUT2D eigenvalue weighted by Gasteiger charge is 2.13. The first-order valence-electron chi connectivity index (χ1n) is 8.92. The number of hydrazine groups is 1. The smallest absolute Gasteiger partial charge is 0.273 e. The van der Waals surface area contributed by atoms with E-state index in [0.29, 0.717) is 23.7 Å². The second-order valence-corrected chi connectivity index (χ2v) is 5.85. The van der Waals surface area contributed by atoms with Crippen molar-refractivity contribution in [2.45, 2.75) is 6.92 Å². The molecule has 1 aromatic heterocycles. The summed E-state index contributed by atoms with van der Waals surface area (Å²) in [5.41, 5.74) is 12.8. The standard InChI is InChI=1S/C20H22N6O3/c1-3-29-14-10-8-13(9-11-14)24-18-17(21)19(23-12-22-18)25-26-20(27)15-6-4-5-7-16(15)28-2/h4-12H,3,21H2,1-2H3,(H,26,27)(H2,22,23,24,25). The molecule has 1 heterocycles. The third kappa shape index (κ3) is 4.83. The lowest BCUT2D eigenvalue weighted by Gasteiger charge is -2.14. The van der Waals surface area contributed by atoms with Crippen LogP contribution in [0.3, 0.4) is 0 Å². The van der Waals surface area contributed by atoms with Gasteiger partial charge in [-0.2, -0.15) is 0 Å². The number of carbonyl (C=O) groups excluding carboxylic acids is 1. The Morgan fingerprint density at radius 3 is 2.52 bits per heavy atom. The molecule has 3 aromatic rings. The van der Waals surface area contributed by atoms with Gasteiger partial charge in [-0.05, 0) is 43.3 Å². The molecule has 0 aliphatic carbocycles. The van der Waals surface area contributed by atoms with E-state index >= 15 is 0 Å². The van der Waals surface area contributed by atoms with E-state index in [2.05, 4.69) is 26.1 Å². The Balaban J connectivity index is 1.69. The Labute approximate surface area is 168 Å². The summed E-state index contributed by atoms with van der Waals surface area (Å²) in [7, 11) is 1.50. The Kier molecular flexibility index (Phi) is 6.31. The zero-order valence-corrected chi connectivity index (χ0v) is 16.1. The van der Waals surface area contributed by atoms with Crippen LogP contribution in [0.5, 0.6) is 11.5 Å². The van der Waals surface area contributed by atoms with E-state index in [1.54, 1.807) is 24.3 Å². The molecule has 0 saturated heterocycles. The number of hydrogen-bond donors (Lipinski definition) is 4. The minimum atomic E-state index is -0.388. The number of hydrogen-bond acceptors (Lipinski definition) is 8. The maximum absolute atomic E-state index is 12.4. The van der Waals surface area contributed by atoms with Crippen molar-refractivity contribution < 1.29 is 14.3 Å². The monoisotopic (exact) mass is 394 g/mol. The highest BCUT2D eigenvalue weighted by Crippen LogP contribution is 2.26. The summed E-state index contributed by atoms with van der Waals surface area (Å²) < 4.78 is 10.6. The van der Waals surface area contributed by atoms with Crippen LogP contribution >= 0.6 is 0 Å². The molecular formula is C20H22N6O3. The van der Waals surface area contributed by atoms with Crippen molar-refractivity contribution in [1.29, 1.82) is 0 Å². The van der Waals surface area contributed by atoms with Crippen molar-refractivity contribution in [3.8, 4) is 11.5 Å². The molecule has 9 nitrogen and oxygen atoms in total. The van der Waals surface area contributed by atoms with Crippen molar-refractivity contribution in [2.24, 2.45) is 0 Å². The van der Waals surface area contributed by atoms with Crippen molar-refractivity contribution in [3.05, 3.63) is 60.4 Å². The Bertz CT molecular complexity index is 978. The molecule has 0 bridgehead atoms. The molecule has 9 heteroatoms. The van der Waals surface area contributed by atoms with E-state index in [-0.39, 0.29) is 17.4 Å². The third-order valence-electron chi connectivity index (χ3n) is 3.96. The largest absolute Gasteiger partial charge is 0.496 e. The average molecular weight is 394 g/mol. The molecule has 0 spiro atoms. The first-order chi connectivity index (χ1) is 14.1. The van der Waals surface area contributed by atoms with E-state index in [4.69, 9.17) is 15.2 Å². The predicted molar refractivity (Wildman–Crippen MR) is 111 cm³/mol. The van der Waals surface area contributed by atoms with Gasteiger partial charge in [0, 0.05) is 5.69 Å². The zero-order chi connectivity index (χ0) is 20.6. The highest BCUT2D eigenvalue weighted by atomic mass is 16.5. The van der Waals surface area contributed by atoms with Crippen LogP contribution in [0.4, 0.5) is 23.0 Å². The molecule has 1 amide bonds. The first-order valence-corrected chi connectivity index (χ1v) is 8.92. The topological polar surface area (TPSA) is 123 Å². The number of amides is 1. The summed E-state index contributed by atoms with van der Waals surface area (Å²) in [4.78, 5) is 20.6. The van der Waals surface area contributed by atoms with Gasteiger partial charge in [0.1, 0.15) is 23.5 Å². The predicted octanol–water partition coefficient (Wildman–Crippen LogP) is 2.97. The zero-order valence-electron chi connectivity index (χ0n) is 16.1. The molecule has 3 rings (SSSR count). The molecular weight excluding hydrogens is 372 g/mol. The Morgan fingerprint density at radius 2 is 1.79 bits per heavy atom. The molecule has 5 N–H and O–H groups in total. The van der Waals surface area contributed by atoms with Gasteiger partial charge in [-0.15, -0.1) is 0 Å². The number of nitrogens with one attached hydrogen (secondary N) is 3. The first kappa shape index (κ1) is 19.7. The molecule has 0 saturated carbocycles. The number of ether oxygens (including phenoxy) is 2. The van der Waals surface area contributed by atoms with Gasteiger partial charge in [-0.1, -0.05) is 12.1 Å². The van der Waals surface area contributed by atoms with E-state index in [1.165, 1.54) is 13.4 Å².